The molecule has 0 spiro atoms. The number of carbonyl (C=O) groups is 2. The summed E-state index contributed by atoms with van der Waals surface area (Å²) in [6, 6.07) is 9.92. The van der Waals surface area contributed by atoms with E-state index in [2.05, 4.69) is 20.9 Å². The van der Waals surface area contributed by atoms with E-state index < -0.39 is 5.97 Å². The van der Waals surface area contributed by atoms with E-state index in [4.69, 9.17) is 9.15 Å². The highest BCUT2D eigenvalue weighted by Gasteiger charge is 2.29. The van der Waals surface area contributed by atoms with Gasteiger partial charge in [-0.1, -0.05) is 12.1 Å². The van der Waals surface area contributed by atoms with Crippen LogP contribution in [0.4, 0.5) is 10.1 Å². The molecular formula is C23H18BrFN2O4. The van der Waals surface area contributed by atoms with Gasteiger partial charge in [-0.2, -0.15) is 0 Å². The zero-order chi connectivity index (χ0) is 22.1. The fourth-order valence-corrected chi connectivity index (χ4v) is 4.09. The Morgan fingerprint density at radius 2 is 2.10 bits per heavy atom. The second-order valence-corrected chi connectivity index (χ2v) is 7.96. The van der Waals surface area contributed by atoms with Crippen molar-refractivity contribution in [1.29, 1.82) is 0 Å². The number of hydrogen-bond acceptors (Lipinski definition) is 5. The van der Waals surface area contributed by atoms with Gasteiger partial charge in [0.25, 0.3) is 0 Å². The van der Waals surface area contributed by atoms with E-state index in [-0.39, 0.29) is 24.7 Å². The number of aromatic nitrogens is 1. The number of nitrogens with zero attached hydrogens (tertiary/aromatic N) is 2. The van der Waals surface area contributed by atoms with Gasteiger partial charge in [0.05, 0.1) is 24.8 Å². The number of hydrogen-bond donors (Lipinski definition) is 0. The molecule has 6 nitrogen and oxygen atoms in total. The van der Waals surface area contributed by atoms with Crippen molar-refractivity contribution in [3.63, 3.8) is 0 Å². The molecule has 0 atom stereocenters. The molecule has 4 rings (SSSR count). The highest BCUT2D eigenvalue weighted by Crippen LogP contribution is 2.43. The smallest absolute Gasteiger partial charge is 0.308 e. The molecule has 8 heteroatoms. The molecule has 0 radical (unpaired) electrons. The topological polar surface area (TPSA) is 72.6 Å². The first kappa shape index (κ1) is 21.0. The Bertz CT molecular complexity index is 1200. The van der Waals surface area contributed by atoms with Crippen LogP contribution in [0.15, 0.2) is 53.4 Å². The third-order valence-corrected chi connectivity index (χ3v) is 5.86. The molecule has 0 aliphatic carbocycles. The van der Waals surface area contributed by atoms with Crippen LogP contribution in [0.5, 0.6) is 5.75 Å². The van der Waals surface area contributed by atoms with Crippen molar-refractivity contribution in [2.75, 3.05) is 4.90 Å². The Balaban J connectivity index is 1.83. The molecule has 0 saturated carbocycles. The first-order chi connectivity index (χ1) is 14.8. The summed E-state index contributed by atoms with van der Waals surface area (Å²) in [6.07, 6.45) is 2.89. The monoisotopic (exact) mass is 484 g/mol. The zero-order valence-electron chi connectivity index (χ0n) is 16.8. The normalized spacial score (nSPS) is 13.8. The molecule has 2 heterocycles. The molecule has 158 valence electrons. The average Bonchev–Trinajstić information content (AvgIpc) is 3.23. The molecule has 1 aliphatic heterocycles. The van der Waals surface area contributed by atoms with Crippen LogP contribution in [-0.4, -0.2) is 16.9 Å². The first-order valence-corrected chi connectivity index (χ1v) is 10.3. The standard InChI is InChI=1S/C23H18BrFN2O4/c1-13-3-4-15(7-19(13)25)11-27-20-8-16(31-14(2)28)5-6-17(20)23(24)18(9-22(27)29)21-10-26-12-30-21/h3-8,10,12H,9,11H2,1-2H3. The lowest BCUT2D eigenvalue weighted by molar-refractivity contribution is -0.131. The minimum Gasteiger partial charge on any atom is -0.444 e. The van der Waals surface area contributed by atoms with E-state index in [0.717, 1.165) is 0 Å². The summed E-state index contributed by atoms with van der Waals surface area (Å²) in [6.45, 7) is 3.14. The number of fused-ring (bicyclic) bond motifs is 1. The number of oxazole rings is 1. The van der Waals surface area contributed by atoms with E-state index in [9.17, 15) is 14.0 Å². The number of amides is 1. The van der Waals surface area contributed by atoms with Gasteiger partial charge in [-0.05, 0) is 52.2 Å². The van der Waals surface area contributed by atoms with Gasteiger partial charge in [0.2, 0.25) is 5.91 Å². The predicted octanol–water partition coefficient (Wildman–Crippen LogP) is 5.25. The third-order valence-electron chi connectivity index (χ3n) is 4.96. The number of halogens is 2. The minimum atomic E-state index is -0.469. The number of aryl methyl sites for hydroxylation is 1. The van der Waals surface area contributed by atoms with E-state index >= 15 is 0 Å². The van der Waals surface area contributed by atoms with Crippen LogP contribution in [0.3, 0.4) is 0 Å². The van der Waals surface area contributed by atoms with Crippen molar-refractivity contribution in [1.82, 2.24) is 4.98 Å². The molecule has 2 aromatic carbocycles. The maximum atomic E-state index is 14.1. The largest absolute Gasteiger partial charge is 0.444 e. The molecule has 3 aromatic rings. The van der Waals surface area contributed by atoms with Crippen LogP contribution in [0.2, 0.25) is 0 Å². The number of carbonyl (C=O) groups excluding carboxylic acids is 2. The molecule has 0 bridgehead atoms. The maximum Gasteiger partial charge on any atom is 0.308 e. The Hall–Kier alpha value is -3.26. The number of anilines is 1. The lowest BCUT2D eigenvalue weighted by atomic mass is 10.1. The van der Waals surface area contributed by atoms with Crippen molar-refractivity contribution in [2.24, 2.45) is 0 Å². The summed E-state index contributed by atoms with van der Waals surface area (Å²) in [5.74, 6) is -0.247. The number of esters is 1. The molecule has 0 N–H and O–H groups in total. The second-order valence-electron chi connectivity index (χ2n) is 7.17. The molecule has 0 fully saturated rings. The van der Waals surface area contributed by atoms with Crippen molar-refractivity contribution in [3.8, 4) is 5.75 Å². The zero-order valence-corrected chi connectivity index (χ0v) is 18.4. The lowest BCUT2D eigenvalue weighted by Crippen LogP contribution is -2.30. The van der Waals surface area contributed by atoms with E-state index in [1.165, 1.54) is 19.4 Å². The minimum absolute atomic E-state index is 0.0434. The number of rotatable bonds is 4. The molecular weight excluding hydrogens is 467 g/mol. The van der Waals surface area contributed by atoms with Gasteiger partial charge in [-0.25, -0.2) is 9.37 Å². The van der Waals surface area contributed by atoms with E-state index in [1.54, 1.807) is 48.4 Å². The van der Waals surface area contributed by atoms with Gasteiger partial charge >= 0.3 is 5.97 Å². The van der Waals surface area contributed by atoms with Gasteiger partial charge in [-0.3, -0.25) is 9.59 Å². The van der Waals surface area contributed by atoms with Gasteiger partial charge in [0.1, 0.15) is 11.6 Å². The quantitative estimate of drug-likeness (QED) is 0.373. The SMILES string of the molecule is CC(=O)Oc1ccc2c(c1)N(Cc1ccc(C)c(F)c1)C(=O)CC(c1cnco1)=C2Br. The second kappa shape index (κ2) is 8.47. The van der Waals surface area contributed by atoms with Gasteiger partial charge < -0.3 is 14.1 Å². The van der Waals surface area contributed by atoms with Crippen molar-refractivity contribution < 1.29 is 23.1 Å². The summed E-state index contributed by atoms with van der Waals surface area (Å²) in [7, 11) is 0. The Kier molecular flexibility index (Phi) is 5.73. The summed E-state index contributed by atoms with van der Waals surface area (Å²) >= 11 is 3.61. The van der Waals surface area contributed by atoms with E-state index in [1.807, 2.05) is 0 Å². The first-order valence-electron chi connectivity index (χ1n) is 9.49. The molecule has 1 aliphatic rings. The molecule has 31 heavy (non-hydrogen) atoms. The summed E-state index contributed by atoms with van der Waals surface area (Å²) in [4.78, 5) is 30.3. The molecule has 1 amide bonds. The van der Waals surface area contributed by atoms with Crippen LogP contribution in [0.1, 0.15) is 35.8 Å². The summed E-state index contributed by atoms with van der Waals surface area (Å²) in [5.41, 5.74) is 3.05. The number of ether oxygens (including phenoxy) is 1. The summed E-state index contributed by atoms with van der Waals surface area (Å²) < 4.78 is 25.5. The highest BCUT2D eigenvalue weighted by atomic mass is 79.9. The average molecular weight is 485 g/mol. The molecule has 1 aromatic heterocycles. The van der Waals surface area contributed by atoms with Crippen LogP contribution in [0, 0.1) is 12.7 Å². The van der Waals surface area contributed by atoms with E-state index in [0.29, 0.717) is 43.9 Å². The highest BCUT2D eigenvalue weighted by molar-refractivity contribution is 9.15. The molecule has 0 saturated heterocycles. The fourth-order valence-electron chi connectivity index (χ4n) is 3.42. The van der Waals surface area contributed by atoms with Gasteiger partial charge in [-0.15, -0.1) is 0 Å². The van der Waals surface area contributed by atoms with Crippen molar-refractivity contribution in [3.05, 3.63) is 77.3 Å². The third kappa shape index (κ3) is 4.29. The Labute approximate surface area is 186 Å². The van der Waals surface area contributed by atoms with Crippen LogP contribution < -0.4 is 9.64 Å². The van der Waals surface area contributed by atoms with Crippen molar-refractivity contribution in [2.45, 2.75) is 26.8 Å². The predicted molar refractivity (Wildman–Crippen MR) is 117 cm³/mol. The van der Waals surface area contributed by atoms with Crippen LogP contribution >= 0.6 is 15.9 Å². The molecule has 0 unspecified atom stereocenters. The van der Waals surface area contributed by atoms with Gasteiger partial charge in [0, 0.05) is 28.6 Å². The lowest BCUT2D eigenvalue weighted by Gasteiger charge is -2.24. The Morgan fingerprint density at radius 3 is 2.77 bits per heavy atom. The van der Waals surface area contributed by atoms with Crippen LogP contribution in [0.25, 0.3) is 10.1 Å². The van der Waals surface area contributed by atoms with Crippen LogP contribution in [-0.2, 0) is 16.1 Å². The Morgan fingerprint density at radius 1 is 1.29 bits per heavy atom. The number of benzene rings is 2. The fraction of sp³-hybridized carbons (Fsp3) is 0.174. The maximum absolute atomic E-state index is 14.1. The van der Waals surface area contributed by atoms with Gasteiger partial charge in [0.15, 0.2) is 12.2 Å². The summed E-state index contributed by atoms with van der Waals surface area (Å²) in [5, 5.41) is 0. The van der Waals surface area contributed by atoms with Crippen molar-refractivity contribution >= 4 is 43.5 Å².